The van der Waals surface area contributed by atoms with E-state index in [1.54, 1.807) is 0 Å². The van der Waals surface area contributed by atoms with Gasteiger partial charge in [-0.15, -0.1) is 0 Å². The van der Waals surface area contributed by atoms with Gasteiger partial charge in [0.2, 0.25) is 0 Å². The second kappa shape index (κ2) is 12.6. The minimum absolute atomic E-state index is 0.813. The van der Waals surface area contributed by atoms with E-state index >= 15 is 0 Å². The van der Waals surface area contributed by atoms with Crippen LogP contribution in [0, 0.1) is 0 Å². The molecule has 1 aliphatic rings. The molecule has 1 rings (SSSR count). The number of hydrogen-bond donors (Lipinski definition) is 1. The zero-order chi connectivity index (χ0) is 14.5. The number of nitrogens with one attached hydrogen (secondary N) is 1. The normalized spacial score (nSPS) is 20.4. The fourth-order valence-electron chi connectivity index (χ4n) is 3.35. The van der Waals surface area contributed by atoms with Crippen LogP contribution in [0.15, 0.2) is 0 Å². The van der Waals surface area contributed by atoms with E-state index in [1.807, 2.05) is 0 Å². The van der Waals surface area contributed by atoms with Crippen LogP contribution < -0.4 is 5.32 Å². The van der Waals surface area contributed by atoms with E-state index in [4.69, 9.17) is 0 Å². The van der Waals surface area contributed by atoms with Gasteiger partial charge in [-0.1, -0.05) is 65.2 Å². The van der Waals surface area contributed by atoms with E-state index in [-0.39, 0.29) is 0 Å². The summed E-state index contributed by atoms with van der Waals surface area (Å²) in [5.74, 6) is 0. The van der Waals surface area contributed by atoms with Crippen LogP contribution in [0.4, 0.5) is 0 Å². The van der Waals surface area contributed by atoms with Gasteiger partial charge in [0.05, 0.1) is 0 Å². The molecule has 2 nitrogen and oxygen atoms in total. The highest BCUT2D eigenvalue weighted by molar-refractivity contribution is 4.78. The van der Waals surface area contributed by atoms with Gasteiger partial charge in [0, 0.05) is 12.6 Å². The van der Waals surface area contributed by atoms with Gasteiger partial charge in [-0.25, -0.2) is 0 Å². The SMILES string of the molecule is CCCCCCCCCCN1CCCCC1CNCC. The Morgan fingerprint density at radius 2 is 1.60 bits per heavy atom. The highest BCUT2D eigenvalue weighted by Gasteiger charge is 2.20. The summed E-state index contributed by atoms with van der Waals surface area (Å²) in [4.78, 5) is 2.75. The molecule has 0 radical (unpaired) electrons. The fraction of sp³-hybridized carbons (Fsp3) is 1.00. The molecule has 2 heteroatoms. The van der Waals surface area contributed by atoms with Crippen LogP contribution >= 0.6 is 0 Å². The van der Waals surface area contributed by atoms with Gasteiger partial charge < -0.3 is 5.32 Å². The van der Waals surface area contributed by atoms with E-state index in [1.165, 1.54) is 90.3 Å². The van der Waals surface area contributed by atoms with E-state index in [0.717, 1.165) is 12.6 Å². The molecule has 1 N–H and O–H groups in total. The Morgan fingerprint density at radius 3 is 2.30 bits per heavy atom. The molecule has 0 bridgehead atoms. The molecule has 1 atom stereocenters. The molecule has 1 saturated heterocycles. The van der Waals surface area contributed by atoms with Crippen LogP contribution in [0.2, 0.25) is 0 Å². The van der Waals surface area contributed by atoms with Gasteiger partial charge in [-0.3, -0.25) is 4.90 Å². The molecular formula is C18H38N2. The lowest BCUT2D eigenvalue weighted by Crippen LogP contribution is -2.45. The second-order valence-corrected chi connectivity index (χ2v) is 6.47. The molecule has 1 heterocycles. The first-order valence-corrected chi connectivity index (χ1v) is 9.33. The van der Waals surface area contributed by atoms with Crippen molar-refractivity contribution in [1.29, 1.82) is 0 Å². The van der Waals surface area contributed by atoms with E-state index < -0.39 is 0 Å². The van der Waals surface area contributed by atoms with E-state index in [0.29, 0.717) is 0 Å². The van der Waals surface area contributed by atoms with Crippen molar-refractivity contribution in [3.05, 3.63) is 0 Å². The van der Waals surface area contributed by atoms with Crippen LogP contribution in [-0.4, -0.2) is 37.1 Å². The lowest BCUT2D eigenvalue weighted by Gasteiger charge is -2.36. The fourth-order valence-corrected chi connectivity index (χ4v) is 3.35. The summed E-state index contributed by atoms with van der Waals surface area (Å²) >= 11 is 0. The van der Waals surface area contributed by atoms with Crippen molar-refractivity contribution in [2.45, 2.75) is 90.5 Å². The Hall–Kier alpha value is -0.0800. The van der Waals surface area contributed by atoms with Crippen molar-refractivity contribution in [1.82, 2.24) is 10.2 Å². The predicted molar refractivity (Wildman–Crippen MR) is 90.4 cm³/mol. The molecular weight excluding hydrogens is 244 g/mol. The van der Waals surface area contributed by atoms with Crippen LogP contribution in [0.1, 0.15) is 84.5 Å². The lowest BCUT2D eigenvalue weighted by molar-refractivity contribution is 0.143. The number of hydrogen-bond acceptors (Lipinski definition) is 2. The molecule has 0 aliphatic carbocycles. The minimum Gasteiger partial charge on any atom is -0.315 e. The van der Waals surface area contributed by atoms with E-state index in [9.17, 15) is 0 Å². The smallest absolute Gasteiger partial charge is 0.0220 e. The third-order valence-electron chi connectivity index (χ3n) is 4.68. The summed E-state index contributed by atoms with van der Waals surface area (Å²) in [5, 5.41) is 3.54. The number of unbranched alkanes of at least 4 members (excludes halogenated alkanes) is 7. The van der Waals surface area contributed by atoms with Crippen LogP contribution in [-0.2, 0) is 0 Å². The molecule has 120 valence electrons. The number of rotatable bonds is 12. The molecule has 0 amide bonds. The lowest BCUT2D eigenvalue weighted by atomic mass is 10.0. The number of piperidine rings is 1. The van der Waals surface area contributed by atoms with Crippen molar-refractivity contribution in [3.8, 4) is 0 Å². The molecule has 20 heavy (non-hydrogen) atoms. The Balaban J connectivity index is 2.00. The Morgan fingerprint density at radius 1 is 0.900 bits per heavy atom. The number of likely N-dealkylation sites (N-methyl/N-ethyl adjacent to an activating group) is 1. The van der Waals surface area contributed by atoms with Gasteiger partial charge in [-0.05, 0) is 38.9 Å². The first-order valence-electron chi connectivity index (χ1n) is 9.33. The van der Waals surface area contributed by atoms with Gasteiger partial charge in [0.1, 0.15) is 0 Å². The molecule has 0 aromatic rings. The maximum Gasteiger partial charge on any atom is 0.0220 e. The Bertz CT molecular complexity index is 206. The average Bonchev–Trinajstić information content (AvgIpc) is 2.49. The van der Waals surface area contributed by atoms with Gasteiger partial charge in [0.25, 0.3) is 0 Å². The van der Waals surface area contributed by atoms with Crippen molar-refractivity contribution >= 4 is 0 Å². The zero-order valence-electron chi connectivity index (χ0n) is 14.1. The molecule has 1 fully saturated rings. The molecule has 0 spiro atoms. The number of nitrogens with zero attached hydrogens (tertiary/aromatic N) is 1. The minimum atomic E-state index is 0.813. The quantitative estimate of drug-likeness (QED) is 0.527. The van der Waals surface area contributed by atoms with E-state index in [2.05, 4.69) is 24.1 Å². The van der Waals surface area contributed by atoms with Crippen LogP contribution in [0.5, 0.6) is 0 Å². The van der Waals surface area contributed by atoms with Crippen molar-refractivity contribution in [2.24, 2.45) is 0 Å². The summed E-state index contributed by atoms with van der Waals surface area (Å²) in [6.07, 6.45) is 15.7. The third-order valence-corrected chi connectivity index (χ3v) is 4.68. The summed E-state index contributed by atoms with van der Waals surface area (Å²) in [6.45, 7) is 9.50. The van der Waals surface area contributed by atoms with Crippen LogP contribution in [0.3, 0.4) is 0 Å². The highest BCUT2D eigenvalue weighted by Crippen LogP contribution is 2.17. The van der Waals surface area contributed by atoms with Gasteiger partial charge in [0.15, 0.2) is 0 Å². The molecule has 0 saturated carbocycles. The average molecular weight is 283 g/mol. The van der Waals surface area contributed by atoms with Crippen LogP contribution in [0.25, 0.3) is 0 Å². The maximum atomic E-state index is 3.54. The monoisotopic (exact) mass is 282 g/mol. The molecule has 1 unspecified atom stereocenters. The Kier molecular flexibility index (Phi) is 11.4. The Labute approximate surface area is 127 Å². The summed E-state index contributed by atoms with van der Waals surface area (Å²) < 4.78 is 0. The maximum absolute atomic E-state index is 3.54. The van der Waals surface area contributed by atoms with Crippen molar-refractivity contribution < 1.29 is 0 Å². The molecule has 1 aliphatic heterocycles. The van der Waals surface area contributed by atoms with Crippen molar-refractivity contribution in [3.63, 3.8) is 0 Å². The standard InChI is InChI=1S/C18H38N2/c1-3-5-6-7-8-9-10-12-15-20-16-13-11-14-18(20)17-19-4-2/h18-19H,3-17H2,1-2H3. The topological polar surface area (TPSA) is 15.3 Å². The second-order valence-electron chi connectivity index (χ2n) is 6.47. The number of likely N-dealkylation sites (tertiary alicyclic amines) is 1. The zero-order valence-corrected chi connectivity index (χ0v) is 14.1. The van der Waals surface area contributed by atoms with Gasteiger partial charge >= 0.3 is 0 Å². The van der Waals surface area contributed by atoms with Gasteiger partial charge in [-0.2, -0.15) is 0 Å². The summed E-state index contributed by atoms with van der Waals surface area (Å²) in [7, 11) is 0. The molecule has 0 aromatic heterocycles. The predicted octanol–water partition coefficient (Wildman–Crippen LogP) is 4.59. The first-order chi connectivity index (χ1) is 9.88. The highest BCUT2D eigenvalue weighted by atomic mass is 15.2. The first kappa shape index (κ1) is 18.0. The molecule has 0 aromatic carbocycles. The third kappa shape index (κ3) is 8.26. The summed E-state index contributed by atoms with van der Waals surface area (Å²) in [5.41, 5.74) is 0. The largest absolute Gasteiger partial charge is 0.315 e. The van der Waals surface area contributed by atoms with Crippen molar-refractivity contribution in [2.75, 3.05) is 26.2 Å². The summed E-state index contributed by atoms with van der Waals surface area (Å²) in [6, 6.07) is 0.813.